The largest absolute Gasteiger partial charge is 0.103 e. The van der Waals surface area contributed by atoms with Crippen molar-refractivity contribution in [3.8, 4) is 0 Å². The van der Waals surface area contributed by atoms with Crippen LogP contribution in [-0.2, 0) is 0 Å². The summed E-state index contributed by atoms with van der Waals surface area (Å²) in [4.78, 5) is 0. The van der Waals surface area contributed by atoms with Crippen LogP contribution in [0.2, 0.25) is 0 Å². The van der Waals surface area contributed by atoms with E-state index in [1.807, 2.05) is 0 Å². The van der Waals surface area contributed by atoms with Crippen LogP contribution in [0.25, 0.3) is 0 Å². The summed E-state index contributed by atoms with van der Waals surface area (Å²) in [5, 5.41) is 0. The van der Waals surface area contributed by atoms with Gasteiger partial charge in [0.25, 0.3) is 0 Å². The maximum Gasteiger partial charge on any atom is -0.00722 e. The molecule has 86 valence electrons. The Hall–Kier alpha value is 0.770. The molecule has 0 radical (unpaired) electrons. The lowest BCUT2D eigenvalue weighted by molar-refractivity contribution is 0.710. The molecular weight excluding hydrogens is 237 g/mol. The summed E-state index contributed by atoms with van der Waals surface area (Å²) in [7, 11) is 1.84. The first-order chi connectivity index (χ1) is 7.38. The van der Waals surface area contributed by atoms with Crippen LogP contribution in [0.5, 0.6) is 0 Å². The minimum atomic E-state index is 0.286. The van der Waals surface area contributed by atoms with E-state index in [0.29, 0.717) is 7.30 Å². The third-order valence-corrected chi connectivity index (χ3v) is 16.1. The third-order valence-electron chi connectivity index (χ3n) is 2.62. The zero-order valence-corrected chi connectivity index (χ0v) is 12.4. The summed E-state index contributed by atoms with van der Waals surface area (Å²) in [5.41, 5.74) is 0. The molecule has 0 spiro atoms. The van der Waals surface area contributed by atoms with Crippen LogP contribution in [0.3, 0.4) is 0 Å². The van der Waals surface area contributed by atoms with Crippen LogP contribution in [0.4, 0.5) is 0 Å². The van der Waals surface area contributed by atoms with Gasteiger partial charge in [-0.3, -0.25) is 0 Å². The van der Waals surface area contributed by atoms with Crippen molar-refractivity contribution in [3.05, 3.63) is 25.3 Å². The number of hydrogen-bond donors (Lipinski definition) is 0. The first kappa shape index (κ1) is 13.8. The molecule has 1 saturated heterocycles. The van der Waals surface area contributed by atoms with Crippen molar-refractivity contribution in [1.29, 1.82) is 0 Å². The first-order valence-electron chi connectivity index (χ1n) is 5.86. The monoisotopic (exact) mass is 260 g/mol. The van der Waals surface area contributed by atoms with Crippen LogP contribution < -0.4 is 0 Å². The lowest BCUT2D eigenvalue weighted by Crippen LogP contribution is -1.87. The molecule has 0 N–H and O–H groups in total. The molecule has 1 heterocycles. The van der Waals surface area contributed by atoms with E-state index >= 15 is 0 Å². The Labute approximate surface area is 99.1 Å². The Morgan fingerprint density at radius 2 is 1.73 bits per heavy atom. The molecule has 3 heteroatoms. The molecule has 0 nitrogen and oxygen atoms in total. The van der Waals surface area contributed by atoms with Crippen molar-refractivity contribution >= 4 is 23.2 Å². The highest BCUT2D eigenvalue weighted by Gasteiger charge is 2.18. The fourth-order valence-corrected chi connectivity index (χ4v) is 14.9. The average Bonchev–Trinajstić information content (AvgIpc) is 2.34. The Balaban J connectivity index is 2.53. The van der Waals surface area contributed by atoms with E-state index in [-0.39, 0.29) is 7.61 Å². The van der Waals surface area contributed by atoms with Crippen molar-refractivity contribution in [2.75, 3.05) is 24.6 Å². The van der Waals surface area contributed by atoms with E-state index in [1.165, 1.54) is 58.6 Å². The second-order valence-corrected chi connectivity index (χ2v) is 14.5. The highest BCUT2D eigenvalue weighted by molar-refractivity contribution is 8.56. The molecule has 15 heavy (non-hydrogen) atoms. The van der Waals surface area contributed by atoms with Crippen molar-refractivity contribution in [2.24, 2.45) is 0 Å². The van der Waals surface area contributed by atoms with Crippen molar-refractivity contribution in [1.82, 2.24) is 0 Å². The second kappa shape index (κ2) is 8.87. The molecule has 1 fully saturated rings. The molecule has 3 atom stereocenters. The quantitative estimate of drug-likeness (QED) is 0.468. The minimum absolute atomic E-state index is 0.286. The van der Waals surface area contributed by atoms with Crippen LogP contribution >= 0.6 is 23.2 Å². The molecule has 1 rings (SSSR count). The molecule has 0 aromatic carbocycles. The molecule has 0 aromatic heterocycles. The van der Waals surface area contributed by atoms with Gasteiger partial charge >= 0.3 is 0 Å². The number of rotatable bonds is 4. The van der Waals surface area contributed by atoms with Crippen LogP contribution in [0.15, 0.2) is 25.3 Å². The van der Waals surface area contributed by atoms with Gasteiger partial charge in [-0.2, -0.15) is 0 Å². The summed E-state index contributed by atoms with van der Waals surface area (Å²) in [6.45, 7) is 7.86. The number of hydrogen-bond acceptors (Lipinski definition) is 0. The number of allylic oxidation sites excluding steroid dienone is 2. The van der Waals surface area contributed by atoms with Gasteiger partial charge < -0.3 is 0 Å². The summed E-state index contributed by atoms with van der Waals surface area (Å²) in [6.07, 6.45) is 15.8. The molecule has 0 amide bonds. The smallest absolute Gasteiger partial charge is 0.00722 e. The zero-order chi connectivity index (χ0) is 10.9. The molecule has 0 saturated carbocycles. The maximum atomic E-state index is 3.93. The Morgan fingerprint density at radius 3 is 2.47 bits per heavy atom. The highest BCUT2D eigenvalue weighted by Crippen LogP contribution is 2.79. The van der Waals surface area contributed by atoms with E-state index in [2.05, 4.69) is 25.3 Å². The van der Waals surface area contributed by atoms with Gasteiger partial charge in [-0.1, -0.05) is 48.2 Å². The van der Waals surface area contributed by atoms with E-state index < -0.39 is 0 Å². The van der Waals surface area contributed by atoms with E-state index in [1.54, 1.807) is 0 Å². The van der Waals surface area contributed by atoms with E-state index in [9.17, 15) is 0 Å². The Morgan fingerprint density at radius 1 is 1.00 bits per heavy atom. The van der Waals surface area contributed by atoms with Crippen molar-refractivity contribution < 1.29 is 0 Å². The topological polar surface area (TPSA) is 0 Å². The van der Waals surface area contributed by atoms with Crippen molar-refractivity contribution in [3.63, 3.8) is 0 Å². The van der Waals surface area contributed by atoms with E-state index in [4.69, 9.17) is 0 Å². The highest BCUT2D eigenvalue weighted by atomic mass is 32.5. The summed E-state index contributed by atoms with van der Waals surface area (Å²) < 4.78 is 0. The zero-order valence-electron chi connectivity index (χ0n) is 9.62. The van der Waals surface area contributed by atoms with Gasteiger partial charge in [-0.25, -0.2) is 0 Å². The first-order valence-corrected chi connectivity index (χ1v) is 11.9. The van der Waals surface area contributed by atoms with Crippen LogP contribution in [0, 0.1) is 0 Å². The summed E-state index contributed by atoms with van der Waals surface area (Å²) in [6, 6.07) is 0. The molecule has 0 aliphatic carbocycles. The third kappa shape index (κ3) is 5.58. The molecule has 1 aliphatic rings. The Bertz CT molecular complexity index is 171. The lowest BCUT2D eigenvalue weighted by Gasteiger charge is -2.25. The Kier molecular flexibility index (Phi) is 8.18. The average molecular weight is 260 g/mol. The lowest BCUT2D eigenvalue weighted by atomic mass is 10.2. The van der Waals surface area contributed by atoms with Crippen LogP contribution in [0.1, 0.15) is 25.7 Å². The second-order valence-electron chi connectivity index (χ2n) is 3.89. The van der Waals surface area contributed by atoms with Gasteiger partial charge in [0.1, 0.15) is 0 Å². The van der Waals surface area contributed by atoms with Gasteiger partial charge in [0.2, 0.25) is 0 Å². The molecule has 1 aliphatic heterocycles. The molecule has 0 aromatic rings. The van der Waals surface area contributed by atoms with Gasteiger partial charge in [0, 0.05) is 0 Å². The molecule has 3 unspecified atom stereocenters. The maximum absolute atomic E-state index is 3.93. The van der Waals surface area contributed by atoms with Crippen LogP contribution in [-0.4, -0.2) is 24.6 Å². The van der Waals surface area contributed by atoms with Gasteiger partial charge in [0.05, 0.1) is 0 Å². The van der Waals surface area contributed by atoms with Gasteiger partial charge in [-0.05, 0) is 37.5 Å². The normalized spacial score (nSPS) is 30.1. The predicted molar refractivity (Wildman–Crippen MR) is 80.5 cm³/mol. The predicted octanol–water partition coefficient (Wildman–Crippen LogP) is 5.40. The molecule has 0 bridgehead atoms. The summed E-state index contributed by atoms with van der Waals surface area (Å²) >= 11 is 0. The standard InChI is InChI=1S/C12H23P3/c1-3-10-14-12-8-6-5-7-9-13-15(14)11-4-2/h3-4,13H,1-2,5-12H2. The summed E-state index contributed by atoms with van der Waals surface area (Å²) in [5.74, 6) is 0. The van der Waals surface area contributed by atoms with E-state index in [0.717, 1.165) is 0 Å². The fraction of sp³-hybridized carbons (Fsp3) is 0.667. The fourth-order valence-electron chi connectivity index (χ4n) is 1.84. The van der Waals surface area contributed by atoms with Gasteiger partial charge in [0.15, 0.2) is 0 Å². The SMILES string of the molecule is C=CCP1CCCCCCPP1CC=C. The molecular formula is C12H23P3. The minimum Gasteiger partial charge on any atom is -0.103 e. The van der Waals surface area contributed by atoms with Crippen molar-refractivity contribution in [2.45, 2.75) is 25.7 Å². The van der Waals surface area contributed by atoms with Gasteiger partial charge in [-0.15, -0.1) is 13.2 Å².